The van der Waals surface area contributed by atoms with Crippen molar-refractivity contribution in [2.45, 2.75) is 19.5 Å². The van der Waals surface area contributed by atoms with Gasteiger partial charge in [0.05, 0.1) is 27.8 Å². The van der Waals surface area contributed by atoms with E-state index in [1.54, 1.807) is 6.92 Å². The number of benzene rings is 2. The summed E-state index contributed by atoms with van der Waals surface area (Å²) in [5, 5.41) is 2.79. The van der Waals surface area contributed by atoms with Gasteiger partial charge in [-0.1, -0.05) is 29.3 Å². The quantitative estimate of drug-likeness (QED) is 0.609. The third kappa shape index (κ3) is 3.79. The Morgan fingerprint density at radius 1 is 1.25 bits per heavy atom. The molecule has 0 bridgehead atoms. The largest absolute Gasteiger partial charge is 0.378 e. The van der Waals surface area contributed by atoms with Gasteiger partial charge in [-0.3, -0.25) is 14.2 Å². The zero-order chi connectivity index (χ0) is 20.6. The van der Waals surface area contributed by atoms with E-state index in [1.807, 2.05) is 0 Å². The van der Waals surface area contributed by atoms with Gasteiger partial charge >= 0.3 is 0 Å². The van der Waals surface area contributed by atoms with Crippen LogP contribution in [0.2, 0.25) is 10.0 Å². The SMILES string of the molecule is CC(Nc1cc(F)c2ncn(CC(N)=O)c(=O)c2c1)c1ccc(F)c(Cl)c1Cl. The second-order valence-corrected chi connectivity index (χ2v) is 6.88. The number of carbonyl (C=O) groups excluding carboxylic acids is 1. The number of nitrogens with one attached hydrogen (secondary N) is 1. The van der Waals surface area contributed by atoms with Gasteiger partial charge in [-0.15, -0.1) is 0 Å². The maximum Gasteiger partial charge on any atom is 0.261 e. The van der Waals surface area contributed by atoms with Crippen LogP contribution in [0.4, 0.5) is 14.5 Å². The first kappa shape index (κ1) is 20.0. The van der Waals surface area contributed by atoms with Gasteiger partial charge in [0.15, 0.2) is 5.82 Å². The van der Waals surface area contributed by atoms with E-state index in [2.05, 4.69) is 10.3 Å². The lowest BCUT2D eigenvalue weighted by Crippen LogP contribution is -2.28. The fourth-order valence-corrected chi connectivity index (χ4v) is 3.28. The highest BCUT2D eigenvalue weighted by Gasteiger charge is 2.17. The van der Waals surface area contributed by atoms with Crippen LogP contribution in [-0.2, 0) is 11.3 Å². The maximum absolute atomic E-state index is 14.4. The van der Waals surface area contributed by atoms with Crippen molar-refractivity contribution in [1.82, 2.24) is 9.55 Å². The maximum atomic E-state index is 14.4. The number of rotatable bonds is 5. The Hall–Kier alpha value is -2.71. The smallest absolute Gasteiger partial charge is 0.261 e. The van der Waals surface area contributed by atoms with Crippen molar-refractivity contribution >= 4 is 45.7 Å². The molecular weight excluding hydrogens is 413 g/mol. The number of nitrogens with two attached hydrogens (primary N) is 1. The topological polar surface area (TPSA) is 90.0 Å². The lowest BCUT2D eigenvalue weighted by molar-refractivity contribution is -0.118. The second-order valence-electron chi connectivity index (χ2n) is 6.13. The van der Waals surface area contributed by atoms with Gasteiger partial charge in [0.2, 0.25) is 5.91 Å². The van der Waals surface area contributed by atoms with Crippen LogP contribution in [0.3, 0.4) is 0 Å². The van der Waals surface area contributed by atoms with Crippen LogP contribution in [0.1, 0.15) is 18.5 Å². The minimum absolute atomic E-state index is 0.0262. The van der Waals surface area contributed by atoms with E-state index in [4.69, 9.17) is 28.9 Å². The summed E-state index contributed by atoms with van der Waals surface area (Å²) in [6.45, 7) is 1.34. The van der Waals surface area contributed by atoms with Crippen LogP contribution in [-0.4, -0.2) is 15.5 Å². The molecule has 0 fully saturated rings. The number of primary amides is 1. The fourth-order valence-electron chi connectivity index (χ4n) is 2.79. The van der Waals surface area contributed by atoms with Crippen LogP contribution in [0.5, 0.6) is 0 Å². The van der Waals surface area contributed by atoms with E-state index < -0.39 is 29.1 Å². The first-order valence-corrected chi connectivity index (χ1v) is 8.81. The number of hydrogen-bond donors (Lipinski definition) is 2. The molecule has 0 aliphatic heterocycles. The zero-order valence-electron chi connectivity index (χ0n) is 14.5. The highest BCUT2D eigenvalue weighted by Crippen LogP contribution is 2.33. The highest BCUT2D eigenvalue weighted by atomic mass is 35.5. The van der Waals surface area contributed by atoms with Crippen molar-refractivity contribution < 1.29 is 13.6 Å². The summed E-state index contributed by atoms with van der Waals surface area (Å²) in [5.74, 6) is -2.10. The molecule has 3 aromatic rings. The van der Waals surface area contributed by atoms with E-state index in [-0.39, 0.29) is 33.2 Å². The third-order valence-corrected chi connectivity index (χ3v) is 5.00. The minimum atomic E-state index is -0.727. The number of aromatic nitrogens is 2. The molecular formula is C18H14Cl2F2N4O2. The Labute approximate surface area is 167 Å². The average molecular weight is 427 g/mol. The number of amides is 1. The molecule has 3 rings (SSSR count). The molecule has 3 N–H and O–H groups in total. The number of anilines is 1. The molecule has 1 amide bonds. The lowest BCUT2D eigenvalue weighted by atomic mass is 10.1. The van der Waals surface area contributed by atoms with Gasteiger partial charge in [0.1, 0.15) is 17.9 Å². The Morgan fingerprint density at radius 2 is 1.96 bits per heavy atom. The van der Waals surface area contributed by atoms with Crippen LogP contribution < -0.4 is 16.6 Å². The zero-order valence-corrected chi connectivity index (χ0v) is 16.0. The normalized spacial score (nSPS) is 12.2. The molecule has 2 aromatic carbocycles. The summed E-state index contributed by atoms with van der Waals surface area (Å²) >= 11 is 11.9. The van der Waals surface area contributed by atoms with Gasteiger partial charge < -0.3 is 11.1 Å². The molecule has 146 valence electrons. The summed E-state index contributed by atoms with van der Waals surface area (Å²) in [4.78, 5) is 27.5. The van der Waals surface area contributed by atoms with Crippen LogP contribution >= 0.6 is 23.2 Å². The van der Waals surface area contributed by atoms with Gasteiger partial charge in [-0.2, -0.15) is 0 Å². The van der Waals surface area contributed by atoms with Crippen molar-refractivity contribution in [3.8, 4) is 0 Å². The van der Waals surface area contributed by atoms with Crippen LogP contribution in [0, 0.1) is 11.6 Å². The summed E-state index contributed by atoms with van der Waals surface area (Å²) in [7, 11) is 0. The minimum Gasteiger partial charge on any atom is -0.378 e. The Balaban J connectivity index is 2.02. The standard InChI is InChI=1S/C18H14Cl2F2N4O2/c1-8(10-2-3-12(21)16(20)15(10)19)25-9-4-11-17(13(22)5-9)24-7-26(18(11)28)6-14(23)27/h2-5,7-8,25H,6H2,1H3,(H2,23,27). The molecule has 0 spiro atoms. The van der Waals surface area contributed by atoms with Gasteiger partial charge in [-0.05, 0) is 30.7 Å². The van der Waals surface area contributed by atoms with Crippen molar-refractivity contribution in [2.24, 2.45) is 5.73 Å². The molecule has 0 aliphatic rings. The molecule has 1 heterocycles. The first-order valence-electron chi connectivity index (χ1n) is 8.06. The van der Waals surface area contributed by atoms with Crippen molar-refractivity contribution in [3.63, 3.8) is 0 Å². The number of carbonyl (C=O) groups is 1. The Morgan fingerprint density at radius 3 is 2.64 bits per heavy atom. The number of halogens is 4. The van der Waals surface area contributed by atoms with Crippen LogP contribution in [0.25, 0.3) is 10.9 Å². The van der Waals surface area contributed by atoms with E-state index >= 15 is 0 Å². The number of hydrogen-bond acceptors (Lipinski definition) is 4. The van der Waals surface area contributed by atoms with Crippen molar-refractivity contribution in [2.75, 3.05) is 5.32 Å². The summed E-state index contributed by atoms with van der Waals surface area (Å²) in [5.41, 5.74) is 5.12. The molecule has 1 atom stereocenters. The molecule has 1 aromatic heterocycles. The Kier molecular flexibility index (Phi) is 5.53. The van der Waals surface area contributed by atoms with Gasteiger partial charge in [-0.25, -0.2) is 13.8 Å². The molecule has 1 unspecified atom stereocenters. The number of fused-ring (bicyclic) bond motifs is 1. The molecule has 0 saturated heterocycles. The highest BCUT2D eigenvalue weighted by molar-refractivity contribution is 6.42. The van der Waals surface area contributed by atoms with Crippen molar-refractivity contribution in [1.29, 1.82) is 0 Å². The molecule has 0 radical (unpaired) electrons. The van der Waals surface area contributed by atoms with Gasteiger partial charge in [0, 0.05) is 5.69 Å². The van der Waals surface area contributed by atoms with Crippen molar-refractivity contribution in [3.05, 3.63) is 68.2 Å². The van der Waals surface area contributed by atoms with Crippen LogP contribution in [0.15, 0.2) is 35.4 Å². The molecule has 6 nitrogen and oxygen atoms in total. The second kappa shape index (κ2) is 7.73. The fraction of sp³-hybridized carbons (Fsp3) is 0.167. The third-order valence-electron chi connectivity index (χ3n) is 4.12. The molecule has 0 aliphatic carbocycles. The first-order chi connectivity index (χ1) is 13.2. The predicted octanol–water partition coefficient (Wildman–Crippen LogP) is 3.64. The molecule has 28 heavy (non-hydrogen) atoms. The van der Waals surface area contributed by atoms with Gasteiger partial charge in [0.25, 0.3) is 5.56 Å². The summed E-state index contributed by atoms with van der Waals surface area (Å²) < 4.78 is 28.9. The molecule has 10 heteroatoms. The monoisotopic (exact) mass is 426 g/mol. The predicted molar refractivity (Wildman–Crippen MR) is 104 cm³/mol. The summed E-state index contributed by atoms with van der Waals surface area (Å²) in [6, 6.07) is 4.73. The lowest BCUT2D eigenvalue weighted by Gasteiger charge is -2.18. The van der Waals surface area contributed by atoms with E-state index in [9.17, 15) is 18.4 Å². The average Bonchev–Trinajstić information content (AvgIpc) is 2.62. The van der Waals surface area contributed by atoms with E-state index in [1.165, 1.54) is 24.3 Å². The number of nitrogens with zero attached hydrogens (tertiary/aromatic N) is 2. The van der Waals surface area contributed by atoms with E-state index in [0.29, 0.717) is 5.56 Å². The van der Waals surface area contributed by atoms with E-state index in [0.717, 1.165) is 10.9 Å². The Bertz CT molecular complexity index is 1150. The molecule has 0 saturated carbocycles. The summed E-state index contributed by atoms with van der Waals surface area (Å²) in [6.07, 6.45) is 1.06.